The molecule has 0 unspecified atom stereocenters. The van der Waals surface area contributed by atoms with Crippen molar-refractivity contribution in [3.8, 4) is 21.1 Å². The smallest absolute Gasteiger partial charge is 0.123 e. The SMILES string of the molecule is c1cc2ccc1CCc1csc(n1)-c1ccc(cc1)CCc1csc-2n1. The van der Waals surface area contributed by atoms with E-state index in [1.807, 2.05) is 0 Å². The second-order valence-corrected chi connectivity index (χ2v) is 8.40. The van der Waals surface area contributed by atoms with Crippen molar-refractivity contribution in [3.05, 3.63) is 81.8 Å². The molecule has 2 aromatic heterocycles. The van der Waals surface area contributed by atoms with E-state index in [0.717, 1.165) is 35.7 Å². The predicted molar refractivity (Wildman–Crippen MR) is 110 cm³/mol. The largest absolute Gasteiger partial charge is 0.241 e. The Morgan fingerprint density at radius 3 is 1.38 bits per heavy atom. The summed E-state index contributed by atoms with van der Waals surface area (Å²) >= 11 is 3.48. The molecule has 0 radical (unpaired) electrons. The monoisotopic (exact) mass is 374 g/mol. The third-order valence-corrected chi connectivity index (χ3v) is 6.73. The molecule has 0 saturated heterocycles. The van der Waals surface area contributed by atoms with Gasteiger partial charge in [0.2, 0.25) is 0 Å². The Bertz CT molecular complexity index is 941. The van der Waals surface area contributed by atoms with Gasteiger partial charge in [-0.2, -0.15) is 0 Å². The van der Waals surface area contributed by atoms with Crippen LogP contribution in [0.4, 0.5) is 0 Å². The number of hydrogen-bond donors (Lipinski definition) is 0. The quantitative estimate of drug-likeness (QED) is 0.388. The molecule has 4 aromatic rings. The van der Waals surface area contributed by atoms with Crippen molar-refractivity contribution in [2.75, 3.05) is 0 Å². The lowest BCUT2D eigenvalue weighted by Gasteiger charge is -2.03. The Labute approximate surface area is 161 Å². The second-order valence-electron chi connectivity index (χ2n) is 6.68. The number of rotatable bonds is 0. The van der Waals surface area contributed by atoms with Crippen LogP contribution in [0.3, 0.4) is 0 Å². The average molecular weight is 375 g/mol. The van der Waals surface area contributed by atoms with Crippen LogP contribution in [0.15, 0.2) is 59.3 Å². The molecule has 4 aliphatic rings. The maximum atomic E-state index is 4.84. The van der Waals surface area contributed by atoms with E-state index < -0.39 is 0 Å². The summed E-state index contributed by atoms with van der Waals surface area (Å²) in [6.45, 7) is 0. The fraction of sp³-hybridized carbons (Fsp3) is 0.182. The van der Waals surface area contributed by atoms with Gasteiger partial charge in [0.1, 0.15) is 10.0 Å². The zero-order valence-corrected chi connectivity index (χ0v) is 15.9. The van der Waals surface area contributed by atoms with Crippen molar-refractivity contribution < 1.29 is 0 Å². The molecule has 0 aliphatic carbocycles. The van der Waals surface area contributed by atoms with E-state index in [4.69, 9.17) is 9.97 Å². The van der Waals surface area contributed by atoms with E-state index in [-0.39, 0.29) is 0 Å². The standard InChI is InChI=1S/C22H18N2S2/c1-7-17-8-2-15(1)5-11-19-13-26-22(24-19)18-9-3-16(4-10-18)6-12-20-14-25-21(17)23-20/h1-4,7-10,13-14H,5-6,11-12H2. The van der Waals surface area contributed by atoms with Gasteiger partial charge in [0.15, 0.2) is 0 Å². The second kappa shape index (κ2) is 6.78. The number of nitrogens with zero attached hydrogens (tertiary/aromatic N) is 2. The first kappa shape index (κ1) is 15.9. The Kier molecular flexibility index (Phi) is 4.15. The summed E-state index contributed by atoms with van der Waals surface area (Å²) in [6, 6.07) is 17.7. The van der Waals surface area contributed by atoms with Gasteiger partial charge in [0.05, 0.1) is 11.4 Å². The lowest BCUT2D eigenvalue weighted by molar-refractivity contribution is 0.923. The molecule has 0 amide bonds. The maximum absolute atomic E-state index is 4.84. The van der Waals surface area contributed by atoms with Gasteiger partial charge in [-0.1, -0.05) is 48.5 Å². The molecule has 2 aromatic carbocycles. The van der Waals surface area contributed by atoms with E-state index >= 15 is 0 Å². The highest BCUT2D eigenvalue weighted by Gasteiger charge is 2.09. The molecule has 128 valence electrons. The van der Waals surface area contributed by atoms with Gasteiger partial charge >= 0.3 is 0 Å². The summed E-state index contributed by atoms with van der Waals surface area (Å²) < 4.78 is 0. The molecule has 26 heavy (non-hydrogen) atoms. The van der Waals surface area contributed by atoms with Gasteiger partial charge in [-0.25, -0.2) is 9.97 Å². The first-order valence-electron chi connectivity index (χ1n) is 8.91. The van der Waals surface area contributed by atoms with Crippen molar-refractivity contribution >= 4 is 22.7 Å². The highest BCUT2D eigenvalue weighted by Crippen LogP contribution is 2.27. The number of hydrogen-bond acceptors (Lipinski definition) is 4. The molecule has 0 saturated carbocycles. The summed E-state index contributed by atoms with van der Waals surface area (Å²) in [4.78, 5) is 9.67. The van der Waals surface area contributed by atoms with Crippen LogP contribution in [0.5, 0.6) is 0 Å². The van der Waals surface area contributed by atoms with Crippen LogP contribution < -0.4 is 0 Å². The lowest BCUT2D eigenvalue weighted by Crippen LogP contribution is -1.94. The zero-order valence-electron chi connectivity index (χ0n) is 14.3. The topological polar surface area (TPSA) is 25.8 Å². The molecule has 0 N–H and O–H groups in total. The zero-order chi connectivity index (χ0) is 17.3. The molecule has 6 heterocycles. The maximum Gasteiger partial charge on any atom is 0.123 e. The number of benzene rings is 2. The van der Waals surface area contributed by atoms with Crippen molar-refractivity contribution in [2.24, 2.45) is 0 Å². The van der Waals surface area contributed by atoms with E-state index in [1.165, 1.54) is 33.6 Å². The number of thiazole rings is 2. The molecule has 8 bridgehead atoms. The molecule has 0 spiro atoms. The van der Waals surface area contributed by atoms with Crippen molar-refractivity contribution in [3.63, 3.8) is 0 Å². The third kappa shape index (κ3) is 3.22. The molecule has 4 aliphatic heterocycles. The lowest BCUT2D eigenvalue weighted by atomic mass is 10.1. The van der Waals surface area contributed by atoms with Gasteiger partial charge in [0, 0.05) is 21.9 Å². The fourth-order valence-electron chi connectivity index (χ4n) is 3.28. The Hall–Kier alpha value is -2.30. The number of aromatic nitrogens is 2. The first-order chi connectivity index (χ1) is 12.8. The Balaban J connectivity index is 1.52. The molecular weight excluding hydrogens is 356 g/mol. The molecule has 0 atom stereocenters. The fourth-order valence-corrected chi connectivity index (χ4v) is 5.00. The summed E-state index contributed by atoms with van der Waals surface area (Å²) in [5.41, 5.74) is 7.50. The highest BCUT2D eigenvalue weighted by atomic mass is 32.1. The van der Waals surface area contributed by atoms with Crippen molar-refractivity contribution in [2.45, 2.75) is 25.7 Å². The van der Waals surface area contributed by atoms with Crippen LogP contribution in [0.25, 0.3) is 21.1 Å². The summed E-state index contributed by atoms with van der Waals surface area (Å²) in [5, 5.41) is 6.63. The van der Waals surface area contributed by atoms with Gasteiger partial charge in [-0.15, -0.1) is 22.7 Å². The van der Waals surface area contributed by atoms with Crippen molar-refractivity contribution in [1.82, 2.24) is 9.97 Å². The van der Waals surface area contributed by atoms with E-state index in [2.05, 4.69) is 59.3 Å². The Morgan fingerprint density at radius 2 is 0.962 bits per heavy atom. The van der Waals surface area contributed by atoms with E-state index in [9.17, 15) is 0 Å². The normalized spacial score (nSPS) is 13.5. The average Bonchev–Trinajstić information content (AvgIpc) is 3.35. The summed E-state index contributed by atoms with van der Waals surface area (Å²) in [7, 11) is 0. The predicted octanol–water partition coefficient (Wildman–Crippen LogP) is 5.82. The minimum absolute atomic E-state index is 0.981. The Morgan fingerprint density at radius 1 is 0.538 bits per heavy atom. The molecule has 8 rings (SSSR count). The van der Waals surface area contributed by atoms with Crippen LogP contribution in [0, 0.1) is 0 Å². The van der Waals surface area contributed by atoms with Crippen LogP contribution in [-0.4, -0.2) is 9.97 Å². The molecule has 2 nitrogen and oxygen atoms in total. The molecule has 0 fully saturated rings. The van der Waals surface area contributed by atoms with Gasteiger partial charge in [0.25, 0.3) is 0 Å². The van der Waals surface area contributed by atoms with Crippen LogP contribution in [0.1, 0.15) is 22.5 Å². The van der Waals surface area contributed by atoms with Crippen LogP contribution >= 0.6 is 22.7 Å². The highest BCUT2D eigenvalue weighted by molar-refractivity contribution is 7.13. The summed E-state index contributed by atoms with van der Waals surface area (Å²) in [6.07, 6.45) is 4.00. The minimum Gasteiger partial charge on any atom is -0.241 e. The van der Waals surface area contributed by atoms with Crippen molar-refractivity contribution in [1.29, 1.82) is 0 Å². The van der Waals surface area contributed by atoms with Crippen LogP contribution in [0.2, 0.25) is 0 Å². The van der Waals surface area contributed by atoms with E-state index in [0.29, 0.717) is 0 Å². The van der Waals surface area contributed by atoms with Gasteiger partial charge in [-0.05, 0) is 36.8 Å². The van der Waals surface area contributed by atoms with Gasteiger partial charge in [-0.3, -0.25) is 0 Å². The minimum atomic E-state index is 0.981. The third-order valence-electron chi connectivity index (χ3n) is 4.84. The van der Waals surface area contributed by atoms with Gasteiger partial charge < -0.3 is 0 Å². The number of aryl methyl sites for hydroxylation is 4. The first-order valence-corrected chi connectivity index (χ1v) is 10.7. The summed E-state index contributed by atoms with van der Waals surface area (Å²) in [5.74, 6) is 0. The molecular formula is C22H18N2S2. The molecule has 4 heteroatoms. The van der Waals surface area contributed by atoms with E-state index in [1.54, 1.807) is 22.7 Å². The van der Waals surface area contributed by atoms with Crippen LogP contribution in [-0.2, 0) is 25.7 Å².